The molecular formula is C16H19NO4. The largest absolute Gasteiger partial charge is 0.504 e. The van der Waals surface area contributed by atoms with Crippen molar-refractivity contribution in [2.24, 2.45) is 0 Å². The molecule has 2 rings (SSSR count). The summed E-state index contributed by atoms with van der Waals surface area (Å²) < 4.78 is 5.11. The van der Waals surface area contributed by atoms with Crippen molar-refractivity contribution in [2.45, 2.75) is 19.5 Å². The third-order valence-electron chi connectivity index (χ3n) is 3.43. The molecule has 5 nitrogen and oxygen atoms in total. The highest BCUT2D eigenvalue weighted by atomic mass is 16.5. The summed E-state index contributed by atoms with van der Waals surface area (Å²) in [5, 5.41) is 31.8. The number of phenolic OH excluding ortho intramolecular Hbond substituents is 3. The molecule has 0 amide bonds. The maximum atomic E-state index is 9.76. The lowest BCUT2D eigenvalue weighted by Crippen LogP contribution is -2.18. The van der Waals surface area contributed by atoms with E-state index < -0.39 is 5.75 Å². The highest BCUT2D eigenvalue weighted by Gasteiger charge is 2.12. The molecule has 2 aromatic carbocycles. The summed E-state index contributed by atoms with van der Waals surface area (Å²) in [6.07, 6.45) is 0. The van der Waals surface area contributed by atoms with Crippen molar-refractivity contribution >= 4 is 0 Å². The van der Waals surface area contributed by atoms with Crippen molar-refractivity contribution in [1.82, 2.24) is 5.32 Å². The summed E-state index contributed by atoms with van der Waals surface area (Å²) in [6, 6.07) is 10.7. The monoisotopic (exact) mass is 289 g/mol. The SMILES string of the molecule is COc1ccc([C@@H](C)NCc2ccc(O)c(O)c2O)cc1. The average Bonchev–Trinajstić information content (AvgIpc) is 2.52. The molecule has 0 bridgehead atoms. The Bertz CT molecular complexity index is 610. The van der Waals surface area contributed by atoms with Crippen LogP contribution < -0.4 is 10.1 Å². The third-order valence-corrected chi connectivity index (χ3v) is 3.43. The molecule has 0 aliphatic heterocycles. The number of hydrogen-bond donors (Lipinski definition) is 4. The van der Waals surface area contributed by atoms with Crippen LogP contribution in [0, 0.1) is 0 Å². The Balaban J connectivity index is 2.03. The van der Waals surface area contributed by atoms with Gasteiger partial charge in [0.2, 0.25) is 5.75 Å². The van der Waals surface area contributed by atoms with Crippen LogP contribution in [0.3, 0.4) is 0 Å². The highest BCUT2D eigenvalue weighted by molar-refractivity contribution is 5.53. The second kappa shape index (κ2) is 6.37. The van der Waals surface area contributed by atoms with Crippen molar-refractivity contribution < 1.29 is 20.1 Å². The molecule has 5 heteroatoms. The summed E-state index contributed by atoms with van der Waals surface area (Å²) in [6.45, 7) is 2.37. The first-order valence-electron chi connectivity index (χ1n) is 6.63. The maximum absolute atomic E-state index is 9.76. The van der Waals surface area contributed by atoms with Crippen LogP contribution in [0.15, 0.2) is 36.4 Å². The van der Waals surface area contributed by atoms with Gasteiger partial charge in [0.15, 0.2) is 11.5 Å². The standard InChI is InChI=1S/C16H19NO4/c1-10(11-3-6-13(21-2)7-4-11)17-9-12-5-8-14(18)16(20)15(12)19/h3-8,10,17-20H,9H2,1-2H3/t10-/m1/s1. The minimum Gasteiger partial charge on any atom is -0.504 e. The molecule has 0 fully saturated rings. The molecule has 0 aliphatic rings. The lowest BCUT2D eigenvalue weighted by Gasteiger charge is -2.16. The van der Waals surface area contributed by atoms with Gasteiger partial charge in [-0.1, -0.05) is 18.2 Å². The van der Waals surface area contributed by atoms with Crippen LogP contribution in [0.2, 0.25) is 0 Å². The van der Waals surface area contributed by atoms with E-state index in [1.807, 2.05) is 31.2 Å². The van der Waals surface area contributed by atoms with Crippen molar-refractivity contribution in [3.05, 3.63) is 47.5 Å². The van der Waals surface area contributed by atoms with Crippen LogP contribution in [0.5, 0.6) is 23.0 Å². The minimum atomic E-state index is -0.494. The second-order valence-corrected chi connectivity index (χ2v) is 4.82. The third kappa shape index (κ3) is 3.38. The van der Waals surface area contributed by atoms with Gasteiger partial charge in [-0.05, 0) is 30.7 Å². The van der Waals surface area contributed by atoms with Crippen LogP contribution >= 0.6 is 0 Å². The molecule has 0 heterocycles. The van der Waals surface area contributed by atoms with Gasteiger partial charge < -0.3 is 25.4 Å². The van der Waals surface area contributed by atoms with Crippen molar-refractivity contribution in [3.63, 3.8) is 0 Å². The Morgan fingerprint density at radius 3 is 2.29 bits per heavy atom. The minimum absolute atomic E-state index is 0.0613. The molecule has 4 N–H and O–H groups in total. The van der Waals surface area contributed by atoms with Gasteiger partial charge in [0.05, 0.1) is 7.11 Å². The molecule has 0 saturated heterocycles. The Labute approximate surface area is 123 Å². The zero-order valence-corrected chi connectivity index (χ0v) is 12.0. The first kappa shape index (κ1) is 15.0. The molecule has 1 atom stereocenters. The highest BCUT2D eigenvalue weighted by Crippen LogP contribution is 2.37. The molecule has 112 valence electrons. The smallest absolute Gasteiger partial charge is 0.200 e. The van der Waals surface area contributed by atoms with Gasteiger partial charge in [-0.25, -0.2) is 0 Å². The van der Waals surface area contributed by atoms with E-state index in [1.54, 1.807) is 13.2 Å². The molecule has 0 radical (unpaired) electrons. The van der Waals surface area contributed by atoms with Crippen LogP contribution in [-0.2, 0) is 6.54 Å². The number of nitrogens with one attached hydrogen (secondary N) is 1. The summed E-state index contributed by atoms with van der Waals surface area (Å²) in [4.78, 5) is 0. The molecular weight excluding hydrogens is 270 g/mol. The van der Waals surface area contributed by atoms with Crippen molar-refractivity contribution in [2.75, 3.05) is 7.11 Å². The lowest BCUT2D eigenvalue weighted by molar-refractivity contribution is 0.363. The molecule has 0 unspecified atom stereocenters. The fraction of sp³-hybridized carbons (Fsp3) is 0.250. The zero-order chi connectivity index (χ0) is 15.4. The molecule has 2 aromatic rings. The van der Waals surface area contributed by atoms with E-state index in [-0.39, 0.29) is 17.5 Å². The number of methoxy groups -OCH3 is 1. The van der Waals surface area contributed by atoms with E-state index in [1.165, 1.54) is 6.07 Å². The van der Waals surface area contributed by atoms with Crippen LogP contribution in [0.1, 0.15) is 24.1 Å². The second-order valence-electron chi connectivity index (χ2n) is 4.82. The van der Waals surface area contributed by atoms with E-state index in [4.69, 9.17) is 4.74 Å². The van der Waals surface area contributed by atoms with Gasteiger partial charge in [-0.3, -0.25) is 0 Å². The molecule has 0 saturated carbocycles. The van der Waals surface area contributed by atoms with Gasteiger partial charge in [0.25, 0.3) is 0 Å². The predicted octanol–water partition coefficient (Wildman–Crippen LogP) is 2.66. The summed E-state index contributed by atoms with van der Waals surface area (Å²) in [5.41, 5.74) is 1.60. The number of benzene rings is 2. The molecule has 0 aliphatic carbocycles. The zero-order valence-electron chi connectivity index (χ0n) is 12.0. The topological polar surface area (TPSA) is 82.0 Å². The maximum Gasteiger partial charge on any atom is 0.200 e. The Morgan fingerprint density at radius 1 is 1.00 bits per heavy atom. The van der Waals surface area contributed by atoms with E-state index in [0.29, 0.717) is 12.1 Å². The first-order chi connectivity index (χ1) is 10.0. The summed E-state index contributed by atoms with van der Waals surface area (Å²) in [5.74, 6) is -0.331. The van der Waals surface area contributed by atoms with Crippen molar-refractivity contribution in [3.8, 4) is 23.0 Å². The lowest BCUT2D eigenvalue weighted by atomic mass is 10.1. The van der Waals surface area contributed by atoms with E-state index >= 15 is 0 Å². The normalized spacial score (nSPS) is 12.1. The van der Waals surface area contributed by atoms with E-state index in [9.17, 15) is 15.3 Å². The van der Waals surface area contributed by atoms with Gasteiger partial charge in [-0.2, -0.15) is 0 Å². The molecule has 21 heavy (non-hydrogen) atoms. The van der Waals surface area contributed by atoms with Gasteiger partial charge in [0.1, 0.15) is 5.75 Å². The number of hydrogen-bond acceptors (Lipinski definition) is 5. The number of ether oxygens (including phenoxy) is 1. The number of aromatic hydroxyl groups is 3. The Kier molecular flexibility index (Phi) is 4.55. The van der Waals surface area contributed by atoms with Crippen molar-refractivity contribution in [1.29, 1.82) is 0 Å². The fourth-order valence-corrected chi connectivity index (χ4v) is 2.03. The predicted molar refractivity (Wildman–Crippen MR) is 79.7 cm³/mol. The Hall–Kier alpha value is -2.40. The number of phenols is 3. The molecule has 0 aromatic heterocycles. The summed E-state index contributed by atoms with van der Waals surface area (Å²) >= 11 is 0. The first-order valence-corrected chi connectivity index (χ1v) is 6.63. The molecule has 0 spiro atoms. The van der Waals surface area contributed by atoms with Crippen LogP contribution in [-0.4, -0.2) is 22.4 Å². The van der Waals surface area contributed by atoms with Gasteiger partial charge in [-0.15, -0.1) is 0 Å². The summed E-state index contributed by atoms with van der Waals surface area (Å²) in [7, 11) is 1.62. The fourth-order valence-electron chi connectivity index (χ4n) is 2.03. The van der Waals surface area contributed by atoms with Crippen LogP contribution in [0.25, 0.3) is 0 Å². The number of rotatable bonds is 5. The van der Waals surface area contributed by atoms with Gasteiger partial charge in [0, 0.05) is 18.2 Å². The van der Waals surface area contributed by atoms with Crippen LogP contribution in [0.4, 0.5) is 0 Å². The van der Waals surface area contributed by atoms with E-state index in [0.717, 1.165) is 11.3 Å². The quantitative estimate of drug-likeness (QED) is 0.636. The average molecular weight is 289 g/mol. The van der Waals surface area contributed by atoms with Gasteiger partial charge >= 0.3 is 0 Å². The Morgan fingerprint density at radius 2 is 1.67 bits per heavy atom. The van der Waals surface area contributed by atoms with E-state index in [2.05, 4.69) is 5.32 Å².